The Balaban J connectivity index is 2.28. The number of rotatable bonds is 2. The second-order valence-corrected chi connectivity index (χ2v) is 3.26. The van der Waals surface area contributed by atoms with Gasteiger partial charge in [0.05, 0.1) is 11.9 Å². The molecule has 0 amide bonds. The summed E-state index contributed by atoms with van der Waals surface area (Å²) < 4.78 is 1.71. The van der Waals surface area contributed by atoms with Crippen LogP contribution in [0.15, 0.2) is 18.7 Å². The van der Waals surface area contributed by atoms with Crippen LogP contribution < -0.4 is 11.1 Å². The fourth-order valence-electron chi connectivity index (χ4n) is 1.21. The molecule has 0 bridgehead atoms. The zero-order valence-corrected chi connectivity index (χ0v) is 8.60. The van der Waals surface area contributed by atoms with Crippen molar-refractivity contribution in [3.05, 3.63) is 24.3 Å². The molecule has 0 spiro atoms. The van der Waals surface area contributed by atoms with E-state index < -0.39 is 0 Å². The van der Waals surface area contributed by atoms with Crippen molar-refractivity contribution in [3.63, 3.8) is 0 Å². The molecule has 0 saturated heterocycles. The third-order valence-corrected chi connectivity index (χ3v) is 2.09. The van der Waals surface area contributed by atoms with E-state index in [-0.39, 0.29) is 0 Å². The smallest absolute Gasteiger partial charge is 0.138 e. The number of aryl methyl sites for hydroxylation is 1. The van der Waals surface area contributed by atoms with Crippen LogP contribution in [0.25, 0.3) is 0 Å². The summed E-state index contributed by atoms with van der Waals surface area (Å²) in [5.41, 5.74) is 7.38. The zero-order chi connectivity index (χ0) is 10.8. The molecule has 6 heteroatoms. The first kappa shape index (κ1) is 9.45. The molecule has 15 heavy (non-hydrogen) atoms. The van der Waals surface area contributed by atoms with Crippen LogP contribution in [0.1, 0.15) is 5.56 Å². The van der Waals surface area contributed by atoms with E-state index in [0.717, 1.165) is 11.3 Å². The van der Waals surface area contributed by atoms with Crippen LogP contribution in [0.3, 0.4) is 0 Å². The molecular weight excluding hydrogens is 192 g/mol. The summed E-state index contributed by atoms with van der Waals surface area (Å²) in [5.74, 6) is 1.19. The molecule has 0 atom stereocenters. The Bertz CT molecular complexity index is 475. The zero-order valence-electron chi connectivity index (χ0n) is 8.60. The van der Waals surface area contributed by atoms with Gasteiger partial charge < -0.3 is 11.1 Å². The number of nitrogens with two attached hydrogens (primary N) is 1. The van der Waals surface area contributed by atoms with Crippen LogP contribution in [-0.2, 0) is 7.05 Å². The Morgan fingerprint density at radius 2 is 2.20 bits per heavy atom. The highest BCUT2D eigenvalue weighted by atomic mass is 15.3. The van der Waals surface area contributed by atoms with Crippen molar-refractivity contribution < 1.29 is 0 Å². The van der Waals surface area contributed by atoms with Gasteiger partial charge in [-0.15, -0.1) is 0 Å². The van der Waals surface area contributed by atoms with Crippen LogP contribution >= 0.6 is 0 Å². The predicted octanol–water partition coefficient (Wildman–Crippen LogP) is 0.844. The molecule has 0 aliphatic heterocycles. The lowest BCUT2D eigenvalue weighted by atomic mass is 10.3. The van der Waals surface area contributed by atoms with Gasteiger partial charge in [-0.3, -0.25) is 4.68 Å². The van der Waals surface area contributed by atoms with E-state index in [4.69, 9.17) is 5.73 Å². The molecule has 2 heterocycles. The van der Waals surface area contributed by atoms with E-state index in [0.29, 0.717) is 11.6 Å². The van der Waals surface area contributed by atoms with Gasteiger partial charge in [0.1, 0.15) is 18.0 Å². The molecule has 0 saturated carbocycles. The quantitative estimate of drug-likeness (QED) is 0.757. The third kappa shape index (κ3) is 1.88. The second-order valence-electron chi connectivity index (χ2n) is 3.26. The van der Waals surface area contributed by atoms with E-state index >= 15 is 0 Å². The van der Waals surface area contributed by atoms with Crippen molar-refractivity contribution in [2.24, 2.45) is 7.05 Å². The number of hydrogen-bond acceptors (Lipinski definition) is 5. The topological polar surface area (TPSA) is 81.7 Å². The molecule has 0 aliphatic rings. The summed E-state index contributed by atoms with van der Waals surface area (Å²) in [5, 5.41) is 7.16. The third-order valence-electron chi connectivity index (χ3n) is 2.09. The van der Waals surface area contributed by atoms with Gasteiger partial charge in [0, 0.05) is 18.8 Å². The maximum atomic E-state index is 5.67. The fraction of sp³-hybridized carbons (Fsp3) is 0.222. The van der Waals surface area contributed by atoms with Gasteiger partial charge in [-0.05, 0) is 6.92 Å². The Hall–Kier alpha value is -2.11. The lowest BCUT2D eigenvalue weighted by molar-refractivity contribution is 0.768. The van der Waals surface area contributed by atoms with Crippen molar-refractivity contribution >= 4 is 17.3 Å². The molecule has 0 radical (unpaired) electrons. The first-order valence-corrected chi connectivity index (χ1v) is 4.49. The molecule has 78 valence electrons. The maximum Gasteiger partial charge on any atom is 0.138 e. The first-order valence-electron chi connectivity index (χ1n) is 4.49. The van der Waals surface area contributed by atoms with Crippen LogP contribution in [0.4, 0.5) is 17.3 Å². The van der Waals surface area contributed by atoms with Gasteiger partial charge in [-0.2, -0.15) is 5.10 Å². The summed E-state index contributed by atoms with van der Waals surface area (Å²) in [4.78, 5) is 8.00. The maximum absolute atomic E-state index is 5.67. The highest BCUT2D eigenvalue weighted by molar-refractivity contribution is 5.61. The van der Waals surface area contributed by atoms with Crippen LogP contribution in [0, 0.1) is 6.92 Å². The average Bonchev–Trinajstić information content (AvgIpc) is 2.59. The Morgan fingerprint density at radius 3 is 2.87 bits per heavy atom. The molecule has 0 aliphatic carbocycles. The van der Waals surface area contributed by atoms with Crippen molar-refractivity contribution in [2.75, 3.05) is 11.1 Å². The lowest BCUT2D eigenvalue weighted by Crippen LogP contribution is -2.01. The van der Waals surface area contributed by atoms with Gasteiger partial charge in [0.25, 0.3) is 0 Å². The molecule has 2 aromatic rings. The van der Waals surface area contributed by atoms with Crippen LogP contribution in [0.2, 0.25) is 0 Å². The summed E-state index contributed by atoms with van der Waals surface area (Å²) in [6.07, 6.45) is 5.01. The van der Waals surface area contributed by atoms with Gasteiger partial charge in [0.2, 0.25) is 0 Å². The van der Waals surface area contributed by atoms with E-state index in [1.165, 1.54) is 6.33 Å². The molecule has 0 unspecified atom stereocenters. The number of hydrogen-bond donors (Lipinski definition) is 2. The van der Waals surface area contributed by atoms with E-state index in [9.17, 15) is 0 Å². The number of nitrogens with one attached hydrogen (secondary N) is 1. The van der Waals surface area contributed by atoms with Crippen LogP contribution in [-0.4, -0.2) is 19.7 Å². The number of nitrogen functional groups attached to an aromatic ring is 1. The summed E-state index contributed by atoms with van der Waals surface area (Å²) in [6, 6.07) is 0. The number of nitrogens with zero attached hydrogens (tertiary/aromatic N) is 4. The summed E-state index contributed by atoms with van der Waals surface area (Å²) in [6.45, 7) is 1.87. The van der Waals surface area contributed by atoms with Crippen molar-refractivity contribution in [2.45, 2.75) is 6.92 Å². The fourth-order valence-corrected chi connectivity index (χ4v) is 1.21. The normalized spacial score (nSPS) is 10.3. The molecule has 3 N–H and O–H groups in total. The van der Waals surface area contributed by atoms with Gasteiger partial charge >= 0.3 is 0 Å². The minimum absolute atomic E-state index is 0.483. The van der Waals surface area contributed by atoms with E-state index in [2.05, 4.69) is 20.4 Å². The SMILES string of the molecule is Cc1c(N)ncnc1Nc1cnn(C)c1. The second kappa shape index (κ2) is 3.56. The highest BCUT2D eigenvalue weighted by Crippen LogP contribution is 2.19. The number of aromatic nitrogens is 4. The van der Waals surface area contributed by atoms with Crippen LogP contribution in [0.5, 0.6) is 0 Å². The minimum atomic E-state index is 0.483. The van der Waals surface area contributed by atoms with Crippen molar-refractivity contribution in [1.29, 1.82) is 0 Å². The van der Waals surface area contributed by atoms with Gasteiger partial charge in [-0.1, -0.05) is 0 Å². The Kier molecular flexibility index (Phi) is 2.24. The summed E-state index contributed by atoms with van der Waals surface area (Å²) in [7, 11) is 1.85. The Labute approximate surface area is 87.2 Å². The van der Waals surface area contributed by atoms with E-state index in [1.807, 2.05) is 20.2 Å². The largest absolute Gasteiger partial charge is 0.383 e. The predicted molar refractivity (Wildman–Crippen MR) is 57.7 cm³/mol. The minimum Gasteiger partial charge on any atom is -0.383 e. The summed E-state index contributed by atoms with van der Waals surface area (Å²) >= 11 is 0. The molecule has 2 rings (SSSR count). The molecule has 0 fully saturated rings. The molecule has 2 aromatic heterocycles. The standard InChI is InChI=1S/C9H12N6/c1-6-8(10)11-5-12-9(6)14-7-3-13-15(2)4-7/h3-5H,1-2H3,(H3,10,11,12,14). The molecule has 0 aromatic carbocycles. The monoisotopic (exact) mass is 204 g/mol. The first-order chi connectivity index (χ1) is 7.16. The average molecular weight is 204 g/mol. The van der Waals surface area contributed by atoms with Gasteiger partial charge in [-0.25, -0.2) is 9.97 Å². The van der Waals surface area contributed by atoms with Crippen molar-refractivity contribution in [1.82, 2.24) is 19.7 Å². The van der Waals surface area contributed by atoms with Crippen molar-refractivity contribution in [3.8, 4) is 0 Å². The van der Waals surface area contributed by atoms with Gasteiger partial charge in [0.15, 0.2) is 0 Å². The molecule has 6 nitrogen and oxygen atoms in total. The lowest BCUT2D eigenvalue weighted by Gasteiger charge is -2.06. The highest BCUT2D eigenvalue weighted by Gasteiger charge is 2.04. The number of anilines is 3. The van der Waals surface area contributed by atoms with E-state index in [1.54, 1.807) is 10.9 Å². The molecular formula is C9H12N6. The Morgan fingerprint density at radius 1 is 1.40 bits per heavy atom.